The lowest BCUT2D eigenvalue weighted by Gasteiger charge is -2.30. The van der Waals surface area contributed by atoms with E-state index in [1.165, 1.54) is 76.1 Å². The minimum atomic E-state index is 0.827. The fraction of sp³-hybridized carbons (Fsp3) is 0. The van der Waals surface area contributed by atoms with Gasteiger partial charge in [0.1, 0.15) is 34.2 Å². The van der Waals surface area contributed by atoms with Crippen molar-refractivity contribution in [2.75, 3.05) is 19.6 Å². The number of hydrogen-bond acceptors (Lipinski definition) is 8. The SMILES string of the molecule is c1ccc(-c2ccccc2N(c2ccc(-c3cc4c5cccc6c5c(cc4c4ccccc34)-c3ccc(N(c4ccccc4)c4ccc5ccccc5c4)cc3O6)cc2)c2cccc3c2oc2ccccc23)cc1.c1ccc(-c2ccccc2N(c2ccccc2)c2ccc3c(c2)Oc2cccc4c2c-3cc2c3ccccc3c(-c3ccc(N(c5ccccc5-c5ccccc5)c5cccc6c5oc5ccccc56)cc3)cc42)cc1. The normalized spacial score (nSPS) is 11.8. The van der Waals surface area contributed by atoms with E-state index in [1.807, 2.05) is 12.1 Å². The molecular weight excluding hydrogens is 1830 g/mol. The molecular formula is C142H90N4O4. The molecule has 0 unspecified atom stereocenters. The maximum atomic E-state index is 7.03. The number of rotatable bonds is 17. The van der Waals surface area contributed by atoms with E-state index < -0.39 is 0 Å². The Labute approximate surface area is 866 Å². The summed E-state index contributed by atoms with van der Waals surface area (Å²) in [7, 11) is 0. The minimum Gasteiger partial charge on any atom is -0.456 e. The topological polar surface area (TPSA) is 57.7 Å². The van der Waals surface area contributed by atoms with E-state index in [0.29, 0.717) is 0 Å². The zero-order chi connectivity index (χ0) is 98.8. The van der Waals surface area contributed by atoms with Gasteiger partial charge in [-0.05, 0) is 278 Å². The molecule has 0 atom stereocenters. The molecule has 0 bridgehead atoms. The van der Waals surface area contributed by atoms with Gasteiger partial charge in [-0.3, -0.25) is 0 Å². The molecule has 26 aromatic carbocycles. The van der Waals surface area contributed by atoms with Gasteiger partial charge >= 0.3 is 0 Å². The summed E-state index contributed by atoms with van der Waals surface area (Å²) in [6.07, 6.45) is 0. The molecule has 2 aliphatic heterocycles. The highest BCUT2D eigenvalue weighted by Gasteiger charge is 2.32. The highest BCUT2D eigenvalue weighted by Crippen LogP contribution is 2.58. The minimum absolute atomic E-state index is 0.827. The van der Waals surface area contributed by atoms with Gasteiger partial charge in [0.15, 0.2) is 11.2 Å². The van der Waals surface area contributed by atoms with E-state index in [2.05, 4.69) is 553 Å². The number of benzene rings is 26. The highest BCUT2D eigenvalue weighted by atomic mass is 16.5. The van der Waals surface area contributed by atoms with Crippen molar-refractivity contribution in [1.29, 1.82) is 0 Å². The number of furan rings is 2. The van der Waals surface area contributed by atoms with E-state index in [4.69, 9.17) is 18.3 Å². The second-order valence-electron chi connectivity index (χ2n) is 38.7. The van der Waals surface area contributed by atoms with Gasteiger partial charge in [0.2, 0.25) is 0 Å². The molecule has 0 amide bonds. The molecule has 0 radical (unpaired) electrons. The lowest BCUT2D eigenvalue weighted by molar-refractivity contribution is 0.487. The maximum absolute atomic E-state index is 7.03. The molecule has 0 saturated carbocycles. The van der Waals surface area contributed by atoms with Gasteiger partial charge in [0.05, 0.1) is 28.4 Å². The molecule has 30 rings (SSSR count). The van der Waals surface area contributed by atoms with Crippen LogP contribution < -0.4 is 29.1 Å². The fourth-order valence-corrected chi connectivity index (χ4v) is 23.4. The van der Waals surface area contributed by atoms with Crippen LogP contribution in [0.3, 0.4) is 0 Å². The number of nitrogens with zero attached hydrogens (tertiary/aromatic N) is 4. The van der Waals surface area contributed by atoms with E-state index in [0.717, 1.165) is 212 Å². The van der Waals surface area contributed by atoms with Gasteiger partial charge in [0, 0.05) is 112 Å². The molecule has 2 aliphatic rings. The van der Waals surface area contributed by atoms with Crippen molar-refractivity contribution in [2.24, 2.45) is 0 Å². The lowest BCUT2D eigenvalue weighted by Crippen LogP contribution is -2.11. The summed E-state index contributed by atoms with van der Waals surface area (Å²) >= 11 is 0. The van der Waals surface area contributed by atoms with Crippen LogP contribution in [0.1, 0.15) is 0 Å². The van der Waals surface area contributed by atoms with Gasteiger partial charge in [-0.15, -0.1) is 0 Å². The number of fused-ring (bicyclic) bond motifs is 19. The second-order valence-corrected chi connectivity index (χ2v) is 38.7. The monoisotopic (exact) mass is 1910 g/mol. The molecule has 150 heavy (non-hydrogen) atoms. The summed E-state index contributed by atoms with van der Waals surface area (Å²) in [5.41, 5.74) is 31.9. The average molecular weight is 1920 g/mol. The summed E-state index contributed by atoms with van der Waals surface area (Å²) in [5.74, 6) is 3.37. The molecule has 8 nitrogen and oxygen atoms in total. The standard InChI is InChI=1S/C72H46N2O2.C70H44N2O2/c1-4-20-47(21-5-1)53-26-12-15-33-65(53)73(50-24-8-3-9-25-50)52-42-43-58-64-46-62-56-29-11-10-28-55(56)61(45-63(62)59-31-19-37-69(71(59)64)75-70(58)44-52)49-38-40-51(41-39-49)74(66-34-16-13-27-54(66)48-22-6-2-7-23-48)67-35-18-32-60-57-30-14-17-36-68(57)76-72(60)67;1-3-18-46(19-4-1)53-23-11-13-29-64(53)72(65-30-15-28-59-56-26-12-14-31-66(56)74-70(59)65)50-36-34-47(35-37-50)60-43-62-58-27-16-32-67-69(58)63(44-61(62)55-25-10-9-24-54(55)60)57-40-39-52(42-68(57)73-67)71(49-21-5-2-6-22-49)51-38-33-45-17-7-8-20-48(45)41-51/h1-46H;1-44H. The first-order chi connectivity index (χ1) is 74.4. The quantitative estimate of drug-likeness (QED) is 0.0836. The molecule has 2 aromatic heterocycles. The van der Waals surface area contributed by atoms with Crippen molar-refractivity contribution in [3.05, 3.63) is 546 Å². The maximum Gasteiger partial charge on any atom is 0.159 e. The van der Waals surface area contributed by atoms with Crippen LogP contribution >= 0.6 is 0 Å². The Balaban J connectivity index is 0.000000141. The van der Waals surface area contributed by atoms with E-state index in [9.17, 15) is 0 Å². The Hall–Kier alpha value is -20.1. The molecule has 8 heteroatoms. The van der Waals surface area contributed by atoms with Crippen molar-refractivity contribution in [1.82, 2.24) is 0 Å². The van der Waals surface area contributed by atoms with Crippen LogP contribution in [0.5, 0.6) is 23.0 Å². The third kappa shape index (κ3) is 14.7. The predicted octanol–water partition coefficient (Wildman–Crippen LogP) is 41.0. The molecule has 702 valence electrons. The summed E-state index contributed by atoms with van der Waals surface area (Å²) in [5, 5.41) is 20.9. The molecule has 0 aliphatic carbocycles. The molecule has 0 fully saturated rings. The van der Waals surface area contributed by atoms with Gasteiger partial charge in [0.25, 0.3) is 0 Å². The first kappa shape index (κ1) is 86.6. The van der Waals surface area contributed by atoms with Gasteiger partial charge in [-0.1, -0.05) is 370 Å². The third-order valence-electron chi connectivity index (χ3n) is 30.2. The van der Waals surface area contributed by atoms with E-state index >= 15 is 0 Å². The number of hydrogen-bond donors (Lipinski definition) is 0. The third-order valence-corrected chi connectivity index (χ3v) is 30.2. The number of ether oxygens (including phenoxy) is 2. The second kappa shape index (κ2) is 36.1. The van der Waals surface area contributed by atoms with Crippen molar-refractivity contribution in [3.63, 3.8) is 0 Å². The average Bonchev–Trinajstić information content (AvgIpc) is 0.961. The highest BCUT2D eigenvalue weighted by molar-refractivity contribution is 6.28. The van der Waals surface area contributed by atoms with Gasteiger partial charge in [-0.2, -0.15) is 0 Å². The van der Waals surface area contributed by atoms with E-state index in [1.54, 1.807) is 0 Å². The number of anilines is 12. The van der Waals surface area contributed by atoms with Crippen molar-refractivity contribution in [3.8, 4) is 101 Å². The summed E-state index contributed by atoms with van der Waals surface area (Å²) in [6, 6.07) is 196. The molecule has 4 heterocycles. The molecule has 0 saturated heterocycles. The van der Waals surface area contributed by atoms with Crippen molar-refractivity contribution < 1.29 is 18.3 Å². The van der Waals surface area contributed by atoms with Crippen LogP contribution in [0.2, 0.25) is 0 Å². The molecule has 28 aromatic rings. The number of para-hydroxylation sites is 9. The van der Waals surface area contributed by atoms with Gasteiger partial charge in [-0.25, -0.2) is 0 Å². The summed E-state index contributed by atoms with van der Waals surface area (Å²) in [4.78, 5) is 9.37. The Kier molecular flexibility index (Phi) is 20.8. The van der Waals surface area contributed by atoms with Crippen LogP contribution in [0, 0.1) is 0 Å². The molecule has 0 spiro atoms. The Morgan fingerprint density at radius 3 is 0.887 bits per heavy atom. The summed E-state index contributed by atoms with van der Waals surface area (Å²) < 4.78 is 27.5. The van der Waals surface area contributed by atoms with Crippen LogP contribution in [0.25, 0.3) is 197 Å². The lowest BCUT2D eigenvalue weighted by atomic mass is 9.86. The zero-order valence-corrected chi connectivity index (χ0v) is 81.4. The summed E-state index contributed by atoms with van der Waals surface area (Å²) in [6.45, 7) is 0. The van der Waals surface area contributed by atoms with Crippen molar-refractivity contribution in [2.45, 2.75) is 0 Å². The fourth-order valence-electron chi connectivity index (χ4n) is 23.4. The van der Waals surface area contributed by atoms with Crippen LogP contribution in [0.15, 0.2) is 555 Å². The Bertz CT molecular complexity index is 10200. The first-order valence-corrected chi connectivity index (χ1v) is 51.1. The van der Waals surface area contributed by atoms with Gasteiger partial charge < -0.3 is 37.9 Å². The Morgan fingerprint density at radius 1 is 0.133 bits per heavy atom. The smallest absolute Gasteiger partial charge is 0.159 e. The largest absolute Gasteiger partial charge is 0.456 e. The Morgan fingerprint density at radius 2 is 0.433 bits per heavy atom. The van der Waals surface area contributed by atoms with E-state index in [-0.39, 0.29) is 0 Å². The predicted molar refractivity (Wildman–Crippen MR) is 627 cm³/mol. The van der Waals surface area contributed by atoms with Crippen molar-refractivity contribution >= 4 is 188 Å². The van der Waals surface area contributed by atoms with Crippen LogP contribution in [-0.2, 0) is 0 Å². The van der Waals surface area contributed by atoms with Crippen LogP contribution in [0.4, 0.5) is 68.2 Å². The van der Waals surface area contributed by atoms with Crippen LogP contribution in [-0.4, -0.2) is 0 Å². The molecule has 0 N–H and O–H groups in total. The zero-order valence-electron chi connectivity index (χ0n) is 81.4. The first-order valence-electron chi connectivity index (χ1n) is 51.1.